The van der Waals surface area contributed by atoms with Crippen LogP contribution in [0.5, 0.6) is 0 Å². The van der Waals surface area contributed by atoms with Gasteiger partial charge in [-0.3, -0.25) is 0 Å². The Balaban J connectivity index is 0.000000219. The minimum Gasteiger partial charge on any atom is -0.350 e. The van der Waals surface area contributed by atoms with Gasteiger partial charge in [0.1, 0.15) is 0 Å². The molecule has 0 N–H and O–H groups in total. The van der Waals surface area contributed by atoms with Crippen LogP contribution in [0, 0.1) is 30.6 Å². The first-order valence-corrected chi connectivity index (χ1v) is 8.47. The maximum Gasteiger partial charge on any atom is 0.157 e. The molecule has 0 bridgehead atoms. The Morgan fingerprint density at radius 2 is 1.57 bits per heavy atom. The van der Waals surface area contributed by atoms with E-state index in [1.54, 1.807) is 0 Å². The summed E-state index contributed by atoms with van der Waals surface area (Å²) in [4.78, 5) is 0. The highest BCUT2D eigenvalue weighted by Crippen LogP contribution is 2.25. The van der Waals surface area contributed by atoms with Crippen LogP contribution in [0.3, 0.4) is 0 Å². The van der Waals surface area contributed by atoms with Crippen molar-refractivity contribution < 1.29 is 9.47 Å². The van der Waals surface area contributed by atoms with Crippen molar-refractivity contribution in [2.24, 2.45) is 5.92 Å². The van der Waals surface area contributed by atoms with Gasteiger partial charge in [-0.25, -0.2) is 0 Å². The van der Waals surface area contributed by atoms with Crippen LogP contribution in [-0.2, 0) is 9.47 Å². The smallest absolute Gasteiger partial charge is 0.157 e. The zero-order valence-electron chi connectivity index (χ0n) is 13.3. The van der Waals surface area contributed by atoms with E-state index in [0.717, 1.165) is 51.2 Å². The van der Waals surface area contributed by atoms with Crippen LogP contribution in [0.1, 0.15) is 70.6 Å². The van der Waals surface area contributed by atoms with Crippen molar-refractivity contribution in [2.75, 3.05) is 13.2 Å². The van der Waals surface area contributed by atoms with Gasteiger partial charge in [-0.15, -0.1) is 24.7 Å². The van der Waals surface area contributed by atoms with Gasteiger partial charge in [-0.1, -0.05) is 25.7 Å². The first-order valence-electron chi connectivity index (χ1n) is 8.47. The standard InChI is InChI=1S/C10H16O2.C9H14/c1-2-3-4-5-6-7-10-11-8-9-12-10;1-2-6-9-7-4-3-5-8-9/h1,10H,3-9H2;1,9H,3-8H2. The molecule has 0 aromatic carbocycles. The highest BCUT2D eigenvalue weighted by Gasteiger charge is 2.14. The Morgan fingerprint density at radius 1 is 0.857 bits per heavy atom. The number of hydrogen-bond acceptors (Lipinski definition) is 2. The van der Waals surface area contributed by atoms with Crippen LogP contribution in [0.15, 0.2) is 0 Å². The topological polar surface area (TPSA) is 18.5 Å². The van der Waals surface area contributed by atoms with E-state index in [1.165, 1.54) is 38.5 Å². The number of hydrogen-bond donors (Lipinski definition) is 0. The zero-order chi connectivity index (χ0) is 15.2. The molecule has 1 saturated carbocycles. The first kappa shape index (κ1) is 18.1. The van der Waals surface area contributed by atoms with Crippen molar-refractivity contribution in [2.45, 2.75) is 76.9 Å². The molecule has 2 nitrogen and oxygen atoms in total. The maximum absolute atomic E-state index is 5.30. The monoisotopic (exact) mass is 290 g/mol. The fourth-order valence-corrected chi connectivity index (χ4v) is 2.85. The fourth-order valence-electron chi connectivity index (χ4n) is 2.85. The molecule has 2 aliphatic rings. The number of unbranched alkanes of at least 4 members (excludes halogenated alkanes) is 3. The summed E-state index contributed by atoms with van der Waals surface area (Å²) in [5.41, 5.74) is 0. The van der Waals surface area contributed by atoms with Crippen LogP contribution in [0.2, 0.25) is 0 Å². The molecule has 0 radical (unpaired) electrons. The normalized spacial score (nSPS) is 19.3. The Morgan fingerprint density at radius 3 is 2.19 bits per heavy atom. The van der Waals surface area contributed by atoms with Gasteiger partial charge in [0.2, 0.25) is 0 Å². The predicted octanol–water partition coefficient (Wildman–Crippen LogP) is 4.53. The van der Waals surface area contributed by atoms with Crippen molar-refractivity contribution in [3.63, 3.8) is 0 Å². The van der Waals surface area contributed by atoms with E-state index in [9.17, 15) is 0 Å². The van der Waals surface area contributed by atoms with Gasteiger partial charge in [-0.2, -0.15) is 0 Å². The number of ether oxygens (including phenoxy) is 2. The minimum absolute atomic E-state index is 0.0656. The summed E-state index contributed by atoms with van der Waals surface area (Å²) in [7, 11) is 0. The Bertz CT molecular complexity index is 311. The third-order valence-corrected chi connectivity index (χ3v) is 4.08. The highest BCUT2D eigenvalue weighted by molar-refractivity contribution is 4.87. The van der Waals surface area contributed by atoms with Crippen LogP contribution in [0.25, 0.3) is 0 Å². The van der Waals surface area contributed by atoms with Crippen LogP contribution < -0.4 is 0 Å². The zero-order valence-corrected chi connectivity index (χ0v) is 13.3. The third kappa shape index (κ3) is 9.57. The molecule has 2 heteroatoms. The van der Waals surface area contributed by atoms with Crippen molar-refractivity contribution in [3.8, 4) is 24.7 Å². The molecule has 1 saturated heterocycles. The highest BCUT2D eigenvalue weighted by atomic mass is 16.7. The summed E-state index contributed by atoms with van der Waals surface area (Å²) in [5.74, 6) is 6.24. The number of rotatable bonds is 6. The summed E-state index contributed by atoms with van der Waals surface area (Å²) >= 11 is 0. The Kier molecular flexibility index (Phi) is 11.0. The van der Waals surface area contributed by atoms with Crippen LogP contribution >= 0.6 is 0 Å². The van der Waals surface area contributed by atoms with Crippen LogP contribution in [-0.4, -0.2) is 19.5 Å². The molecule has 1 heterocycles. The van der Waals surface area contributed by atoms with Crippen LogP contribution in [0.4, 0.5) is 0 Å². The van der Waals surface area contributed by atoms with Crippen molar-refractivity contribution in [3.05, 3.63) is 0 Å². The minimum atomic E-state index is 0.0656. The first-order chi connectivity index (χ1) is 10.4. The van der Waals surface area contributed by atoms with E-state index in [1.807, 2.05) is 0 Å². The van der Waals surface area contributed by atoms with Gasteiger partial charge in [0, 0.05) is 12.8 Å². The second-order valence-corrected chi connectivity index (χ2v) is 5.89. The second kappa shape index (κ2) is 12.8. The molecule has 118 valence electrons. The summed E-state index contributed by atoms with van der Waals surface area (Å²) in [6, 6.07) is 0. The van der Waals surface area contributed by atoms with E-state index < -0.39 is 0 Å². The lowest BCUT2D eigenvalue weighted by Crippen LogP contribution is -2.06. The van der Waals surface area contributed by atoms with Crippen molar-refractivity contribution in [1.29, 1.82) is 0 Å². The Labute approximate surface area is 131 Å². The SMILES string of the molecule is C#CCC1CCCCC1.C#CCCCCCC1OCCO1. The molecule has 0 aromatic heterocycles. The summed E-state index contributed by atoms with van der Waals surface area (Å²) in [6.45, 7) is 1.52. The van der Waals surface area contributed by atoms with E-state index >= 15 is 0 Å². The summed E-state index contributed by atoms with van der Waals surface area (Å²) < 4.78 is 10.6. The van der Waals surface area contributed by atoms with Gasteiger partial charge in [0.05, 0.1) is 13.2 Å². The van der Waals surface area contributed by atoms with Gasteiger partial charge in [0.15, 0.2) is 6.29 Å². The number of terminal acetylenes is 2. The van der Waals surface area contributed by atoms with E-state index in [2.05, 4.69) is 11.8 Å². The molecular weight excluding hydrogens is 260 g/mol. The lowest BCUT2D eigenvalue weighted by atomic mass is 9.87. The maximum atomic E-state index is 5.30. The average molecular weight is 290 g/mol. The lowest BCUT2D eigenvalue weighted by molar-refractivity contribution is -0.0479. The molecule has 0 unspecified atom stereocenters. The third-order valence-electron chi connectivity index (χ3n) is 4.08. The van der Waals surface area contributed by atoms with Gasteiger partial charge < -0.3 is 9.47 Å². The largest absolute Gasteiger partial charge is 0.350 e. The molecule has 0 aromatic rings. The molecule has 0 amide bonds. The molecule has 21 heavy (non-hydrogen) atoms. The van der Waals surface area contributed by atoms with Gasteiger partial charge >= 0.3 is 0 Å². The molecule has 0 spiro atoms. The molecule has 0 atom stereocenters. The van der Waals surface area contributed by atoms with E-state index in [0.29, 0.717) is 0 Å². The van der Waals surface area contributed by atoms with Gasteiger partial charge in [-0.05, 0) is 38.0 Å². The van der Waals surface area contributed by atoms with Crippen molar-refractivity contribution >= 4 is 0 Å². The van der Waals surface area contributed by atoms with E-state index in [-0.39, 0.29) is 6.29 Å². The quantitative estimate of drug-likeness (QED) is 0.528. The fraction of sp³-hybridized carbons (Fsp3) is 0.789. The molecule has 1 aliphatic heterocycles. The van der Waals surface area contributed by atoms with Crippen molar-refractivity contribution in [1.82, 2.24) is 0 Å². The second-order valence-electron chi connectivity index (χ2n) is 5.89. The molecular formula is C19H30O2. The molecule has 2 fully saturated rings. The van der Waals surface area contributed by atoms with E-state index in [4.69, 9.17) is 22.3 Å². The summed E-state index contributed by atoms with van der Waals surface area (Å²) in [6.07, 6.45) is 23.8. The lowest BCUT2D eigenvalue weighted by Gasteiger charge is -2.18. The molecule has 2 rings (SSSR count). The van der Waals surface area contributed by atoms with Gasteiger partial charge in [0.25, 0.3) is 0 Å². The predicted molar refractivity (Wildman–Crippen MR) is 87.6 cm³/mol. The molecule has 1 aliphatic carbocycles. The average Bonchev–Trinajstić information content (AvgIpc) is 3.03. The Hall–Kier alpha value is -0.960. The summed E-state index contributed by atoms with van der Waals surface area (Å²) in [5, 5.41) is 0.